The van der Waals surface area contributed by atoms with Gasteiger partial charge in [0.25, 0.3) is 0 Å². The van der Waals surface area contributed by atoms with Crippen LogP contribution < -0.4 is 10.4 Å². The zero-order chi connectivity index (χ0) is 26.9. The molecule has 3 nitrogen and oxygen atoms in total. The topological polar surface area (TPSA) is 20.2 Å². The van der Waals surface area contributed by atoms with Crippen molar-refractivity contribution in [1.29, 1.82) is 0 Å². The van der Waals surface area contributed by atoms with Crippen LogP contribution in [0.5, 0.6) is 0 Å². The highest BCUT2D eigenvalue weighted by Gasteiger charge is 2.23. The van der Waals surface area contributed by atoms with Crippen molar-refractivity contribution in [3.05, 3.63) is 139 Å². The fraction of sp³-hybridized carbons (Fsp3) is 0.0270. The number of rotatable bonds is 3. The van der Waals surface area contributed by atoms with Crippen LogP contribution in [0.4, 0.5) is 11.4 Å². The maximum atomic E-state index is 3.58. The molecule has 0 aliphatic carbocycles. The van der Waals surface area contributed by atoms with Crippen LogP contribution in [0.15, 0.2) is 133 Å². The lowest BCUT2D eigenvalue weighted by molar-refractivity contribution is 0.766. The normalized spacial score (nSPS) is 13.1. The molecule has 1 N–H and O–H groups in total. The van der Waals surface area contributed by atoms with Crippen molar-refractivity contribution in [2.75, 3.05) is 5.01 Å². The van der Waals surface area contributed by atoms with Gasteiger partial charge in [0.2, 0.25) is 0 Å². The van der Waals surface area contributed by atoms with E-state index >= 15 is 0 Å². The van der Waals surface area contributed by atoms with Crippen molar-refractivity contribution in [3.63, 3.8) is 0 Å². The standard InChI is InChI=1S/C37H25N3S/c1-2-8-28(9-3-1)40-34-22-35-31(21-26(34)23-38-40)29-10-4-6-12-33(29)39(35)27-17-14-24(15-18-27)25-16-19-37-32(20-25)30-11-5-7-13-36(30)41-37/h1-22,38H,23H2. The van der Waals surface area contributed by atoms with Crippen LogP contribution in [0.3, 0.4) is 0 Å². The Bertz CT molecular complexity index is 2260. The van der Waals surface area contributed by atoms with Crippen molar-refractivity contribution in [3.8, 4) is 16.8 Å². The average molecular weight is 544 g/mol. The Hall–Kier alpha value is -4.90. The van der Waals surface area contributed by atoms with Crippen LogP contribution in [0.25, 0.3) is 58.8 Å². The number of aromatic nitrogens is 1. The van der Waals surface area contributed by atoms with E-state index < -0.39 is 0 Å². The largest absolute Gasteiger partial charge is 0.309 e. The minimum absolute atomic E-state index is 0.818. The van der Waals surface area contributed by atoms with Gasteiger partial charge in [-0.25, -0.2) is 5.43 Å². The molecular formula is C37H25N3S. The average Bonchev–Trinajstić information content (AvgIpc) is 3.71. The van der Waals surface area contributed by atoms with E-state index in [1.807, 2.05) is 11.3 Å². The van der Waals surface area contributed by atoms with E-state index in [9.17, 15) is 0 Å². The van der Waals surface area contributed by atoms with Crippen molar-refractivity contribution in [2.45, 2.75) is 6.54 Å². The lowest BCUT2D eigenvalue weighted by Gasteiger charge is -2.19. The Morgan fingerprint density at radius 2 is 1.24 bits per heavy atom. The SMILES string of the molecule is c1ccc(N2NCc3cc4c5ccccc5n(-c5ccc(-c6ccc7sc8ccccc8c7c6)cc5)c4cc32)cc1. The third-order valence-corrected chi connectivity index (χ3v) is 9.54. The second kappa shape index (κ2) is 8.80. The van der Waals surface area contributed by atoms with Crippen molar-refractivity contribution in [2.24, 2.45) is 0 Å². The molecule has 41 heavy (non-hydrogen) atoms. The summed E-state index contributed by atoms with van der Waals surface area (Å²) in [6.45, 7) is 0.818. The molecular weight excluding hydrogens is 518 g/mol. The van der Waals surface area contributed by atoms with E-state index in [-0.39, 0.29) is 0 Å². The molecule has 0 bridgehead atoms. The highest BCUT2D eigenvalue weighted by molar-refractivity contribution is 7.25. The van der Waals surface area contributed by atoms with Gasteiger partial charge in [0.05, 0.1) is 22.4 Å². The van der Waals surface area contributed by atoms with Gasteiger partial charge in [0, 0.05) is 43.2 Å². The van der Waals surface area contributed by atoms with E-state index in [1.54, 1.807) is 0 Å². The molecule has 0 spiro atoms. The number of thiophene rings is 1. The number of hydrogen-bond donors (Lipinski definition) is 1. The van der Waals surface area contributed by atoms with Gasteiger partial charge in [0.1, 0.15) is 0 Å². The highest BCUT2D eigenvalue weighted by atomic mass is 32.1. The number of benzene rings is 6. The number of hydrazine groups is 1. The van der Waals surface area contributed by atoms with Gasteiger partial charge in [-0.2, -0.15) is 0 Å². The fourth-order valence-electron chi connectivity index (χ4n) is 6.44. The number of hydrogen-bond acceptors (Lipinski definition) is 3. The first-order valence-corrected chi connectivity index (χ1v) is 14.8. The van der Waals surface area contributed by atoms with Crippen LogP contribution in [-0.2, 0) is 6.54 Å². The summed E-state index contributed by atoms with van der Waals surface area (Å²) in [4.78, 5) is 0. The number of anilines is 2. The summed E-state index contributed by atoms with van der Waals surface area (Å²) in [7, 11) is 0. The zero-order valence-corrected chi connectivity index (χ0v) is 23.0. The Morgan fingerprint density at radius 3 is 2.12 bits per heavy atom. The van der Waals surface area contributed by atoms with Gasteiger partial charge in [-0.15, -0.1) is 11.3 Å². The highest BCUT2D eigenvalue weighted by Crippen LogP contribution is 2.41. The minimum Gasteiger partial charge on any atom is -0.309 e. The van der Waals surface area contributed by atoms with Crippen LogP contribution >= 0.6 is 11.3 Å². The number of para-hydroxylation sites is 2. The maximum absolute atomic E-state index is 3.58. The molecule has 0 unspecified atom stereocenters. The fourth-order valence-corrected chi connectivity index (χ4v) is 7.53. The predicted molar refractivity (Wildman–Crippen MR) is 175 cm³/mol. The molecule has 0 atom stereocenters. The molecule has 0 radical (unpaired) electrons. The summed E-state index contributed by atoms with van der Waals surface area (Å²) in [5.74, 6) is 0. The smallest absolute Gasteiger partial charge is 0.0644 e. The van der Waals surface area contributed by atoms with E-state index in [2.05, 4.69) is 148 Å². The molecule has 8 aromatic rings. The summed E-state index contributed by atoms with van der Waals surface area (Å²) in [5.41, 5.74) is 13.3. The number of nitrogens with one attached hydrogen (secondary N) is 1. The lowest BCUT2D eigenvalue weighted by atomic mass is 10.0. The van der Waals surface area contributed by atoms with Gasteiger partial charge in [-0.1, -0.05) is 72.8 Å². The Kier molecular flexibility index (Phi) is 4.91. The third kappa shape index (κ3) is 3.48. The molecule has 0 amide bonds. The van der Waals surface area contributed by atoms with Crippen LogP contribution in [0.1, 0.15) is 5.56 Å². The van der Waals surface area contributed by atoms with Gasteiger partial charge in [-0.3, -0.25) is 5.01 Å². The maximum Gasteiger partial charge on any atom is 0.0644 e. The Balaban J connectivity index is 1.19. The molecule has 9 rings (SSSR count). The first-order chi connectivity index (χ1) is 20.3. The molecule has 0 saturated carbocycles. The molecule has 0 saturated heterocycles. The first-order valence-electron chi connectivity index (χ1n) is 14.0. The molecule has 0 fully saturated rings. The monoisotopic (exact) mass is 543 g/mol. The van der Waals surface area contributed by atoms with E-state index in [1.165, 1.54) is 70.0 Å². The number of nitrogens with zero attached hydrogens (tertiary/aromatic N) is 2. The van der Waals surface area contributed by atoms with Crippen LogP contribution in [0, 0.1) is 0 Å². The van der Waals surface area contributed by atoms with E-state index in [4.69, 9.17) is 0 Å². The Morgan fingerprint density at radius 1 is 0.512 bits per heavy atom. The molecule has 1 aliphatic heterocycles. The summed E-state index contributed by atoms with van der Waals surface area (Å²) in [6.07, 6.45) is 0. The quantitative estimate of drug-likeness (QED) is 0.239. The Labute approximate surface area is 241 Å². The molecule has 1 aliphatic rings. The van der Waals surface area contributed by atoms with Gasteiger partial charge < -0.3 is 4.57 Å². The summed E-state index contributed by atoms with van der Waals surface area (Å²) < 4.78 is 5.09. The minimum atomic E-state index is 0.818. The molecule has 6 aromatic carbocycles. The van der Waals surface area contributed by atoms with Gasteiger partial charge >= 0.3 is 0 Å². The molecule has 4 heteroatoms. The lowest BCUT2D eigenvalue weighted by Crippen LogP contribution is -2.26. The molecule has 2 aromatic heterocycles. The summed E-state index contributed by atoms with van der Waals surface area (Å²) >= 11 is 1.86. The van der Waals surface area contributed by atoms with E-state index in [0.717, 1.165) is 12.2 Å². The van der Waals surface area contributed by atoms with Crippen molar-refractivity contribution in [1.82, 2.24) is 9.99 Å². The summed E-state index contributed by atoms with van der Waals surface area (Å²) in [5, 5.41) is 7.45. The van der Waals surface area contributed by atoms with Gasteiger partial charge in [-0.05, 0) is 77.4 Å². The number of fused-ring (bicyclic) bond motifs is 7. The second-order valence-electron chi connectivity index (χ2n) is 10.7. The summed E-state index contributed by atoms with van der Waals surface area (Å²) in [6, 6.07) is 48.6. The first kappa shape index (κ1) is 22.9. The molecule has 3 heterocycles. The van der Waals surface area contributed by atoms with Crippen LogP contribution in [0.2, 0.25) is 0 Å². The molecule has 194 valence electrons. The van der Waals surface area contributed by atoms with Crippen LogP contribution in [-0.4, -0.2) is 4.57 Å². The van der Waals surface area contributed by atoms with Crippen molar-refractivity contribution >= 4 is 64.7 Å². The third-order valence-electron chi connectivity index (χ3n) is 8.39. The van der Waals surface area contributed by atoms with E-state index in [0.29, 0.717) is 0 Å². The predicted octanol–water partition coefficient (Wildman–Crippen LogP) is 9.97. The zero-order valence-electron chi connectivity index (χ0n) is 22.2. The second-order valence-corrected chi connectivity index (χ2v) is 11.8. The van der Waals surface area contributed by atoms with Gasteiger partial charge in [0.15, 0.2) is 0 Å². The van der Waals surface area contributed by atoms with Crippen molar-refractivity contribution < 1.29 is 0 Å².